The third kappa shape index (κ3) is 3.51. The standard InChI is InChI=1S/C21H10Cl4FN/c22-11-5-6-20-14(7-11)13(12-3-1-2-4-16(12)23)9-21(27-20)15-8-19(26)18(25)10-17(15)24/h1-10H. The van der Waals surface area contributed by atoms with Crippen LogP contribution in [0.15, 0.2) is 60.7 Å². The maximum Gasteiger partial charge on any atom is 0.142 e. The van der Waals surface area contributed by atoms with Crippen LogP contribution in [-0.2, 0) is 0 Å². The van der Waals surface area contributed by atoms with Gasteiger partial charge in [0.05, 0.1) is 21.3 Å². The number of halogens is 5. The van der Waals surface area contributed by atoms with Crippen molar-refractivity contribution in [3.63, 3.8) is 0 Å². The summed E-state index contributed by atoms with van der Waals surface area (Å²) < 4.78 is 14.0. The highest BCUT2D eigenvalue weighted by Gasteiger charge is 2.15. The van der Waals surface area contributed by atoms with E-state index < -0.39 is 5.82 Å². The van der Waals surface area contributed by atoms with Gasteiger partial charge in [0.2, 0.25) is 0 Å². The molecule has 3 aromatic carbocycles. The Kier molecular flexibility index (Phi) is 5.00. The van der Waals surface area contributed by atoms with Crippen LogP contribution < -0.4 is 0 Å². The van der Waals surface area contributed by atoms with E-state index in [-0.39, 0.29) is 5.02 Å². The largest absolute Gasteiger partial charge is 0.248 e. The van der Waals surface area contributed by atoms with Gasteiger partial charge >= 0.3 is 0 Å². The highest BCUT2D eigenvalue weighted by molar-refractivity contribution is 6.36. The van der Waals surface area contributed by atoms with Gasteiger partial charge in [0.15, 0.2) is 0 Å². The topological polar surface area (TPSA) is 12.9 Å². The van der Waals surface area contributed by atoms with Gasteiger partial charge in [0.25, 0.3) is 0 Å². The lowest BCUT2D eigenvalue weighted by Crippen LogP contribution is -1.92. The van der Waals surface area contributed by atoms with E-state index in [1.165, 1.54) is 12.1 Å². The maximum absolute atomic E-state index is 14.0. The first-order valence-electron chi connectivity index (χ1n) is 7.94. The lowest BCUT2D eigenvalue weighted by Gasteiger charge is -2.13. The van der Waals surface area contributed by atoms with Crippen LogP contribution in [0.5, 0.6) is 0 Å². The lowest BCUT2D eigenvalue weighted by molar-refractivity contribution is 0.628. The third-order valence-corrected chi connectivity index (χ3v) is 5.39. The van der Waals surface area contributed by atoms with Gasteiger partial charge in [-0.2, -0.15) is 0 Å². The Morgan fingerprint density at radius 3 is 2.22 bits per heavy atom. The van der Waals surface area contributed by atoms with Crippen molar-refractivity contribution in [3.05, 3.63) is 86.6 Å². The molecule has 4 aromatic rings. The molecule has 0 aliphatic heterocycles. The van der Waals surface area contributed by atoms with Crippen LogP contribution in [0.4, 0.5) is 4.39 Å². The van der Waals surface area contributed by atoms with Gasteiger partial charge in [0.1, 0.15) is 5.82 Å². The molecule has 0 atom stereocenters. The number of nitrogens with zero attached hydrogens (tertiary/aromatic N) is 1. The fraction of sp³-hybridized carbons (Fsp3) is 0. The first-order valence-corrected chi connectivity index (χ1v) is 9.45. The average molecular weight is 437 g/mol. The summed E-state index contributed by atoms with van der Waals surface area (Å²) in [6.07, 6.45) is 0. The minimum absolute atomic E-state index is 0.0392. The molecule has 0 amide bonds. The molecule has 27 heavy (non-hydrogen) atoms. The molecular formula is C21H10Cl4FN. The zero-order valence-electron chi connectivity index (χ0n) is 13.6. The molecule has 1 nitrogen and oxygen atoms in total. The molecule has 0 bridgehead atoms. The normalized spacial score (nSPS) is 11.1. The predicted molar refractivity (Wildman–Crippen MR) is 113 cm³/mol. The molecule has 0 saturated carbocycles. The summed E-state index contributed by atoms with van der Waals surface area (Å²) in [7, 11) is 0. The third-order valence-electron chi connectivity index (χ3n) is 4.22. The SMILES string of the molecule is Fc1cc(-c2cc(-c3ccccc3Cl)c3cc(Cl)ccc3n2)c(Cl)cc1Cl. The summed E-state index contributed by atoms with van der Waals surface area (Å²) >= 11 is 24.7. The second kappa shape index (κ2) is 7.29. The second-order valence-corrected chi connectivity index (χ2v) is 7.60. The summed E-state index contributed by atoms with van der Waals surface area (Å²) in [4.78, 5) is 4.64. The molecule has 0 saturated heterocycles. The number of rotatable bonds is 2. The number of aromatic nitrogens is 1. The minimum atomic E-state index is -0.562. The quantitative estimate of drug-likeness (QED) is 0.288. The molecule has 6 heteroatoms. The summed E-state index contributed by atoms with van der Waals surface area (Å²) in [6, 6.07) is 17.3. The molecule has 0 aliphatic carbocycles. The molecule has 1 aromatic heterocycles. The van der Waals surface area contributed by atoms with Gasteiger partial charge in [-0.1, -0.05) is 64.6 Å². The van der Waals surface area contributed by atoms with Crippen molar-refractivity contribution in [1.82, 2.24) is 4.98 Å². The molecule has 0 aliphatic rings. The van der Waals surface area contributed by atoms with E-state index in [2.05, 4.69) is 4.98 Å². The molecule has 4 rings (SSSR count). The van der Waals surface area contributed by atoms with E-state index in [9.17, 15) is 4.39 Å². The number of hydrogen-bond acceptors (Lipinski definition) is 1. The fourth-order valence-corrected chi connectivity index (χ4v) is 3.85. The van der Waals surface area contributed by atoms with Crippen molar-refractivity contribution in [3.8, 4) is 22.4 Å². The lowest BCUT2D eigenvalue weighted by atomic mass is 9.98. The first kappa shape index (κ1) is 18.5. The maximum atomic E-state index is 14.0. The van der Waals surface area contributed by atoms with Gasteiger partial charge in [0, 0.05) is 26.6 Å². The van der Waals surface area contributed by atoms with Crippen molar-refractivity contribution in [1.29, 1.82) is 0 Å². The first-order chi connectivity index (χ1) is 12.9. The van der Waals surface area contributed by atoms with E-state index in [1.54, 1.807) is 6.07 Å². The number of benzene rings is 3. The van der Waals surface area contributed by atoms with E-state index in [4.69, 9.17) is 46.4 Å². The predicted octanol–water partition coefficient (Wildman–Crippen LogP) is 8.32. The molecule has 0 spiro atoms. The van der Waals surface area contributed by atoms with Crippen LogP contribution in [0.25, 0.3) is 33.3 Å². The van der Waals surface area contributed by atoms with E-state index in [0.717, 1.165) is 16.5 Å². The Labute approximate surface area is 175 Å². The van der Waals surface area contributed by atoms with Gasteiger partial charge in [-0.25, -0.2) is 9.37 Å². The van der Waals surface area contributed by atoms with Crippen LogP contribution in [0, 0.1) is 5.82 Å². The van der Waals surface area contributed by atoms with Crippen molar-refractivity contribution < 1.29 is 4.39 Å². The van der Waals surface area contributed by atoms with Crippen LogP contribution >= 0.6 is 46.4 Å². The summed E-state index contributed by atoms with van der Waals surface area (Å²) in [5.41, 5.74) is 3.30. The van der Waals surface area contributed by atoms with Crippen molar-refractivity contribution >= 4 is 57.3 Å². The molecular weight excluding hydrogens is 427 g/mol. The van der Waals surface area contributed by atoms with Gasteiger partial charge in [-0.3, -0.25) is 0 Å². The van der Waals surface area contributed by atoms with Gasteiger partial charge < -0.3 is 0 Å². The summed E-state index contributed by atoms with van der Waals surface area (Å²) in [6.45, 7) is 0. The van der Waals surface area contributed by atoms with E-state index in [1.807, 2.05) is 42.5 Å². The van der Waals surface area contributed by atoms with E-state index >= 15 is 0 Å². The highest BCUT2D eigenvalue weighted by atomic mass is 35.5. The Bertz CT molecular complexity index is 1190. The second-order valence-electron chi connectivity index (χ2n) is 5.94. The molecule has 0 N–H and O–H groups in total. The zero-order valence-corrected chi connectivity index (χ0v) is 16.6. The Hall–Kier alpha value is -1.84. The van der Waals surface area contributed by atoms with Gasteiger partial charge in [-0.05, 0) is 48.0 Å². The van der Waals surface area contributed by atoms with Crippen LogP contribution in [-0.4, -0.2) is 4.98 Å². The van der Waals surface area contributed by atoms with Crippen LogP contribution in [0.3, 0.4) is 0 Å². The molecule has 0 unspecified atom stereocenters. The average Bonchev–Trinajstić information content (AvgIpc) is 2.64. The van der Waals surface area contributed by atoms with Crippen LogP contribution in [0.2, 0.25) is 20.1 Å². The molecule has 0 fully saturated rings. The Balaban J connectivity index is 2.07. The Morgan fingerprint density at radius 1 is 0.667 bits per heavy atom. The summed E-state index contributed by atoms with van der Waals surface area (Å²) in [5.74, 6) is -0.562. The van der Waals surface area contributed by atoms with Gasteiger partial charge in [-0.15, -0.1) is 0 Å². The van der Waals surface area contributed by atoms with Crippen LogP contribution in [0.1, 0.15) is 0 Å². The number of pyridine rings is 1. The zero-order chi connectivity index (χ0) is 19.1. The van der Waals surface area contributed by atoms with Crippen molar-refractivity contribution in [2.45, 2.75) is 0 Å². The monoisotopic (exact) mass is 435 g/mol. The number of hydrogen-bond donors (Lipinski definition) is 0. The smallest absolute Gasteiger partial charge is 0.142 e. The fourth-order valence-electron chi connectivity index (χ4n) is 2.96. The van der Waals surface area contributed by atoms with Crippen molar-refractivity contribution in [2.24, 2.45) is 0 Å². The molecule has 0 radical (unpaired) electrons. The van der Waals surface area contributed by atoms with Crippen molar-refractivity contribution in [2.75, 3.05) is 0 Å². The molecule has 134 valence electrons. The molecule has 1 heterocycles. The number of fused-ring (bicyclic) bond motifs is 1. The Morgan fingerprint density at radius 2 is 1.44 bits per heavy atom. The van der Waals surface area contributed by atoms with E-state index in [0.29, 0.717) is 31.8 Å². The highest BCUT2D eigenvalue weighted by Crippen LogP contribution is 2.39. The summed E-state index contributed by atoms with van der Waals surface area (Å²) in [5, 5.41) is 2.28. The minimum Gasteiger partial charge on any atom is -0.248 e.